The Kier molecular flexibility index (Phi) is 7.25. The monoisotopic (exact) mass is 797 g/mol. The molecule has 0 amide bonds. The van der Waals surface area contributed by atoms with Crippen LogP contribution in [0.25, 0.3) is 55.3 Å². The minimum Gasteiger partial charge on any atom is -0.456 e. The van der Waals surface area contributed by atoms with Crippen molar-refractivity contribution in [3.05, 3.63) is 234 Å². The zero-order valence-electron chi connectivity index (χ0n) is 33.8. The number of furan rings is 1. The fourth-order valence-electron chi connectivity index (χ4n) is 11.1. The average Bonchev–Trinajstić information content (AvgIpc) is 3.91. The molecule has 13 rings (SSSR count). The lowest BCUT2D eigenvalue weighted by Crippen LogP contribution is -2.32. The van der Waals surface area contributed by atoms with Gasteiger partial charge in [-0.15, -0.1) is 0 Å². The third kappa shape index (κ3) is 4.75. The van der Waals surface area contributed by atoms with Crippen LogP contribution in [-0.4, -0.2) is 0 Å². The molecule has 3 aliphatic rings. The minimum absolute atomic E-state index is 0.138. The number of hydrogen-bond donors (Lipinski definition) is 0. The molecule has 3 heteroatoms. The van der Waals surface area contributed by atoms with Gasteiger partial charge in [0.2, 0.25) is 0 Å². The third-order valence-electron chi connectivity index (χ3n) is 13.8. The van der Waals surface area contributed by atoms with Crippen molar-refractivity contribution in [1.82, 2.24) is 0 Å². The summed E-state index contributed by atoms with van der Waals surface area (Å²) in [5.74, 6) is 0. The highest BCUT2D eigenvalue weighted by Crippen LogP contribution is 2.63. The van der Waals surface area contributed by atoms with Crippen molar-refractivity contribution >= 4 is 50.8 Å². The normalized spacial score (nSPS) is 14.6. The van der Waals surface area contributed by atoms with Crippen LogP contribution in [0.2, 0.25) is 0 Å². The van der Waals surface area contributed by atoms with E-state index in [2.05, 4.69) is 213 Å². The summed E-state index contributed by atoms with van der Waals surface area (Å²) in [4.78, 5) is 5.07. The van der Waals surface area contributed by atoms with Crippen LogP contribution in [0.3, 0.4) is 0 Å². The highest BCUT2D eigenvalue weighted by Gasteiger charge is 2.50. The van der Waals surface area contributed by atoms with E-state index in [1.807, 2.05) is 17.8 Å². The van der Waals surface area contributed by atoms with Crippen LogP contribution in [0, 0.1) is 0 Å². The first-order chi connectivity index (χ1) is 30.0. The zero-order valence-corrected chi connectivity index (χ0v) is 34.6. The lowest BCUT2D eigenvalue weighted by atomic mass is 9.67. The quantitative estimate of drug-likeness (QED) is 0.176. The Bertz CT molecular complexity index is 3400. The molecule has 0 fully saturated rings. The van der Waals surface area contributed by atoms with Crippen LogP contribution in [0.15, 0.2) is 214 Å². The molecule has 0 saturated heterocycles. The Morgan fingerprint density at radius 3 is 1.67 bits per heavy atom. The van der Waals surface area contributed by atoms with E-state index in [0.29, 0.717) is 0 Å². The van der Waals surface area contributed by atoms with Gasteiger partial charge in [-0.1, -0.05) is 165 Å². The number of anilines is 3. The molecule has 0 atom stereocenters. The highest BCUT2D eigenvalue weighted by molar-refractivity contribution is 7.99. The Labute approximate surface area is 359 Å². The topological polar surface area (TPSA) is 16.4 Å². The van der Waals surface area contributed by atoms with Gasteiger partial charge in [-0.3, -0.25) is 0 Å². The van der Waals surface area contributed by atoms with E-state index in [1.165, 1.54) is 71.0 Å². The molecule has 2 heterocycles. The summed E-state index contributed by atoms with van der Waals surface area (Å²) >= 11 is 1.89. The van der Waals surface area contributed by atoms with Crippen LogP contribution < -0.4 is 4.90 Å². The summed E-state index contributed by atoms with van der Waals surface area (Å²) in [6.45, 7) is 4.74. The van der Waals surface area contributed by atoms with Crippen molar-refractivity contribution in [3.63, 3.8) is 0 Å². The van der Waals surface area contributed by atoms with Crippen LogP contribution in [0.1, 0.15) is 47.2 Å². The number of rotatable bonds is 4. The maximum absolute atomic E-state index is 6.31. The first-order valence-corrected chi connectivity index (χ1v) is 22.0. The van der Waals surface area contributed by atoms with Gasteiger partial charge in [0.25, 0.3) is 0 Å². The summed E-state index contributed by atoms with van der Waals surface area (Å²) in [6.07, 6.45) is 0. The molecule has 0 radical (unpaired) electrons. The van der Waals surface area contributed by atoms with E-state index in [1.54, 1.807) is 0 Å². The van der Waals surface area contributed by atoms with Gasteiger partial charge in [-0.25, -0.2) is 0 Å². The molecule has 2 aliphatic carbocycles. The van der Waals surface area contributed by atoms with E-state index in [9.17, 15) is 0 Å². The second kappa shape index (κ2) is 12.7. The van der Waals surface area contributed by atoms with E-state index in [-0.39, 0.29) is 5.41 Å². The molecule has 1 aliphatic heterocycles. The fraction of sp³-hybridized carbons (Fsp3) is 0.0690. The largest absolute Gasteiger partial charge is 0.456 e. The van der Waals surface area contributed by atoms with Crippen molar-refractivity contribution < 1.29 is 4.42 Å². The Morgan fingerprint density at radius 2 is 0.918 bits per heavy atom. The first-order valence-electron chi connectivity index (χ1n) is 21.2. The van der Waals surface area contributed by atoms with Gasteiger partial charge in [-0.2, -0.15) is 0 Å². The second-order valence-corrected chi connectivity index (χ2v) is 18.3. The lowest BCUT2D eigenvalue weighted by molar-refractivity contribution is 0.660. The van der Waals surface area contributed by atoms with Gasteiger partial charge in [0.05, 0.1) is 5.41 Å². The predicted octanol–water partition coefficient (Wildman–Crippen LogP) is 15.9. The molecule has 0 bridgehead atoms. The number of nitrogens with zero attached hydrogens (tertiary/aromatic N) is 1. The molecule has 1 spiro atoms. The Balaban J connectivity index is 1.03. The standard InChI is InChI=1S/C58H39NOS/c1-57(2)46-19-7-3-14-41(46)44-32-30-38(34-50(44)57)59(37-28-26-36(27-29-37)40-18-13-24-53-56(40)45-17-6-11-23-52(45)60-53)39-31-33-55-51(35-39)58(49-22-10-12-25-54(49)61-55)47-20-8-4-15-42(47)43-16-5-9-21-48(43)58/h3-35H,1-2H3. The summed E-state index contributed by atoms with van der Waals surface area (Å²) in [6, 6.07) is 74.3. The van der Waals surface area contributed by atoms with Gasteiger partial charge in [0, 0.05) is 43.0 Å². The van der Waals surface area contributed by atoms with Crippen LogP contribution in [0.5, 0.6) is 0 Å². The van der Waals surface area contributed by atoms with E-state index < -0.39 is 5.41 Å². The summed E-state index contributed by atoms with van der Waals surface area (Å²) in [5.41, 5.74) is 20.3. The minimum atomic E-state index is -0.469. The van der Waals surface area contributed by atoms with Crippen LogP contribution in [0.4, 0.5) is 17.1 Å². The van der Waals surface area contributed by atoms with Crippen molar-refractivity contribution in [2.45, 2.75) is 34.5 Å². The van der Waals surface area contributed by atoms with Crippen LogP contribution >= 0.6 is 11.8 Å². The maximum atomic E-state index is 6.31. The van der Waals surface area contributed by atoms with E-state index in [0.717, 1.165) is 44.6 Å². The van der Waals surface area contributed by atoms with Crippen molar-refractivity contribution in [3.8, 4) is 33.4 Å². The molecule has 2 nitrogen and oxygen atoms in total. The highest BCUT2D eigenvalue weighted by atomic mass is 32.2. The Morgan fingerprint density at radius 1 is 0.393 bits per heavy atom. The molecule has 0 saturated carbocycles. The number of fused-ring (bicyclic) bond motifs is 15. The number of benzene rings is 9. The molecule has 9 aromatic carbocycles. The van der Waals surface area contributed by atoms with Crippen molar-refractivity contribution in [1.29, 1.82) is 0 Å². The predicted molar refractivity (Wildman–Crippen MR) is 253 cm³/mol. The second-order valence-electron chi connectivity index (χ2n) is 17.2. The number of hydrogen-bond acceptors (Lipinski definition) is 3. The van der Waals surface area contributed by atoms with Crippen LogP contribution in [-0.2, 0) is 10.8 Å². The SMILES string of the molecule is CC1(C)c2ccccc2-c2ccc(N(c3ccc(-c4cccc5oc6ccccc6c45)cc3)c3ccc4c(c3)C3(c5ccccc5S4)c4ccccc4-c4ccccc43)cc21. The maximum Gasteiger partial charge on any atom is 0.136 e. The molecule has 10 aromatic rings. The molecule has 0 N–H and O–H groups in total. The zero-order chi connectivity index (χ0) is 40.5. The number of para-hydroxylation sites is 1. The molecule has 1 aromatic heterocycles. The summed E-state index contributed by atoms with van der Waals surface area (Å²) < 4.78 is 6.31. The van der Waals surface area contributed by atoms with Gasteiger partial charge < -0.3 is 9.32 Å². The smallest absolute Gasteiger partial charge is 0.136 e. The van der Waals surface area contributed by atoms with Crippen molar-refractivity contribution in [2.75, 3.05) is 4.90 Å². The fourth-order valence-corrected chi connectivity index (χ4v) is 12.2. The molecule has 0 unspecified atom stereocenters. The Hall–Kier alpha value is -7.07. The summed E-state index contributed by atoms with van der Waals surface area (Å²) in [7, 11) is 0. The average molecular weight is 798 g/mol. The third-order valence-corrected chi connectivity index (χ3v) is 14.9. The lowest BCUT2D eigenvalue weighted by Gasteiger charge is -2.40. The molecular formula is C58H39NOS. The van der Waals surface area contributed by atoms with Gasteiger partial charge in [0.15, 0.2) is 0 Å². The van der Waals surface area contributed by atoms with E-state index in [4.69, 9.17) is 4.42 Å². The molecule has 61 heavy (non-hydrogen) atoms. The van der Waals surface area contributed by atoms with Gasteiger partial charge in [-0.05, 0) is 127 Å². The first kappa shape index (κ1) is 34.8. The van der Waals surface area contributed by atoms with E-state index >= 15 is 0 Å². The molecule has 288 valence electrons. The summed E-state index contributed by atoms with van der Waals surface area (Å²) in [5, 5.41) is 2.29. The van der Waals surface area contributed by atoms with Gasteiger partial charge >= 0.3 is 0 Å². The van der Waals surface area contributed by atoms with Crippen molar-refractivity contribution in [2.24, 2.45) is 0 Å². The molecular weight excluding hydrogens is 759 g/mol. The van der Waals surface area contributed by atoms with Gasteiger partial charge in [0.1, 0.15) is 11.2 Å².